The Balaban J connectivity index is 1.73. The maximum Gasteiger partial charge on any atom is 0.0951 e. The van der Waals surface area contributed by atoms with Crippen LogP contribution < -0.4 is 11.1 Å². The summed E-state index contributed by atoms with van der Waals surface area (Å²) in [6, 6.07) is 7.91. The fourth-order valence-corrected chi connectivity index (χ4v) is 2.95. The molecule has 0 spiro atoms. The van der Waals surface area contributed by atoms with Crippen LogP contribution in [-0.2, 0) is 0 Å². The molecular formula is C16H21N3O. The van der Waals surface area contributed by atoms with Crippen molar-refractivity contribution in [2.45, 2.75) is 31.8 Å². The number of anilines is 2. The standard InChI is InChI=1S/C16H21N3O/c17-14-7-8-15(13-2-1-9-18-16(13)14)19-10-11-3-5-12(20)6-4-11/h1-2,7-9,11-12,19-20H,3-6,10,17H2. The van der Waals surface area contributed by atoms with Crippen molar-refractivity contribution >= 4 is 22.3 Å². The highest BCUT2D eigenvalue weighted by molar-refractivity contribution is 5.98. The van der Waals surface area contributed by atoms with Gasteiger partial charge in [-0.05, 0) is 55.9 Å². The number of rotatable bonds is 3. The normalized spacial score (nSPS) is 22.9. The van der Waals surface area contributed by atoms with Gasteiger partial charge in [0.15, 0.2) is 0 Å². The Morgan fingerprint density at radius 3 is 2.80 bits per heavy atom. The van der Waals surface area contributed by atoms with Crippen LogP contribution >= 0.6 is 0 Å². The van der Waals surface area contributed by atoms with Crippen molar-refractivity contribution in [2.75, 3.05) is 17.6 Å². The van der Waals surface area contributed by atoms with Crippen LogP contribution in [0.3, 0.4) is 0 Å². The Kier molecular flexibility index (Phi) is 3.74. The van der Waals surface area contributed by atoms with Crippen LogP contribution in [0.2, 0.25) is 0 Å². The molecule has 3 rings (SSSR count). The molecule has 4 nitrogen and oxygen atoms in total. The van der Waals surface area contributed by atoms with Crippen molar-refractivity contribution in [3.05, 3.63) is 30.5 Å². The van der Waals surface area contributed by atoms with Gasteiger partial charge in [0.1, 0.15) is 0 Å². The van der Waals surface area contributed by atoms with Gasteiger partial charge in [0.05, 0.1) is 17.3 Å². The number of nitrogens with zero attached hydrogens (tertiary/aromatic N) is 1. The second-order valence-corrected chi connectivity index (χ2v) is 5.66. The predicted octanol–water partition coefficient (Wildman–Crippen LogP) is 2.78. The first-order valence-corrected chi connectivity index (χ1v) is 7.29. The molecule has 0 aliphatic heterocycles. The SMILES string of the molecule is Nc1ccc(NCC2CCC(O)CC2)c2cccnc12. The summed E-state index contributed by atoms with van der Waals surface area (Å²) in [6.45, 7) is 0.945. The number of benzene rings is 1. The van der Waals surface area contributed by atoms with Crippen LogP contribution in [0.25, 0.3) is 10.9 Å². The fraction of sp³-hybridized carbons (Fsp3) is 0.438. The van der Waals surface area contributed by atoms with Crippen molar-refractivity contribution in [3.8, 4) is 0 Å². The lowest BCUT2D eigenvalue weighted by atomic mass is 9.87. The Hall–Kier alpha value is -1.81. The zero-order valence-electron chi connectivity index (χ0n) is 11.5. The molecule has 0 radical (unpaired) electrons. The Labute approximate surface area is 119 Å². The van der Waals surface area contributed by atoms with Crippen LogP contribution in [0.1, 0.15) is 25.7 Å². The summed E-state index contributed by atoms with van der Waals surface area (Å²) >= 11 is 0. The third-order valence-corrected chi connectivity index (χ3v) is 4.20. The molecule has 1 aromatic heterocycles. The minimum atomic E-state index is -0.0900. The lowest BCUT2D eigenvalue weighted by Gasteiger charge is -2.26. The minimum Gasteiger partial charge on any atom is -0.397 e. The van der Waals surface area contributed by atoms with E-state index >= 15 is 0 Å². The molecule has 0 bridgehead atoms. The highest BCUT2D eigenvalue weighted by atomic mass is 16.3. The summed E-state index contributed by atoms with van der Waals surface area (Å²) in [6.07, 6.45) is 5.73. The Bertz CT molecular complexity index is 591. The number of aromatic nitrogens is 1. The lowest BCUT2D eigenvalue weighted by molar-refractivity contribution is 0.111. The van der Waals surface area contributed by atoms with Gasteiger partial charge >= 0.3 is 0 Å². The topological polar surface area (TPSA) is 71.2 Å². The molecule has 1 aliphatic rings. The molecule has 2 aromatic rings. The first-order chi connectivity index (χ1) is 9.74. The second kappa shape index (κ2) is 5.67. The van der Waals surface area contributed by atoms with E-state index in [9.17, 15) is 5.11 Å². The van der Waals surface area contributed by atoms with Crippen LogP contribution in [0.4, 0.5) is 11.4 Å². The summed E-state index contributed by atoms with van der Waals surface area (Å²) in [4.78, 5) is 4.35. The minimum absolute atomic E-state index is 0.0900. The zero-order valence-corrected chi connectivity index (χ0v) is 11.5. The van der Waals surface area contributed by atoms with Gasteiger partial charge in [-0.25, -0.2) is 0 Å². The number of hydrogen-bond donors (Lipinski definition) is 3. The predicted molar refractivity (Wildman–Crippen MR) is 82.6 cm³/mol. The van der Waals surface area contributed by atoms with Crippen LogP contribution in [0, 0.1) is 5.92 Å². The fourth-order valence-electron chi connectivity index (χ4n) is 2.95. The van der Waals surface area contributed by atoms with E-state index in [0.717, 1.165) is 48.8 Å². The largest absolute Gasteiger partial charge is 0.397 e. The van der Waals surface area contributed by atoms with E-state index in [1.807, 2.05) is 24.3 Å². The van der Waals surface area contributed by atoms with Crippen molar-refractivity contribution in [1.29, 1.82) is 0 Å². The Morgan fingerprint density at radius 2 is 2.00 bits per heavy atom. The van der Waals surface area contributed by atoms with Crippen molar-refractivity contribution < 1.29 is 5.11 Å². The number of aliphatic hydroxyl groups is 1. The van der Waals surface area contributed by atoms with Crippen molar-refractivity contribution in [3.63, 3.8) is 0 Å². The molecular weight excluding hydrogens is 250 g/mol. The molecule has 106 valence electrons. The number of hydrogen-bond acceptors (Lipinski definition) is 4. The molecule has 1 saturated carbocycles. The van der Waals surface area contributed by atoms with Gasteiger partial charge in [-0.2, -0.15) is 0 Å². The van der Waals surface area contributed by atoms with Gasteiger partial charge in [0, 0.05) is 23.8 Å². The van der Waals surface area contributed by atoms with Crippen LogP contribution in [0.15, 0.2) is 30.5 Å². The summed E-state index contributed by atoms with van der Waals surface area (Å²) in [7, 11) is 0. The monoisotopic (exact) mass is 271 g/mol. The highest BCUT2D eigenvalue weighted by Gasteiger charge is 2.19. The quantitative estimate of drug-likeness (QED) is 0.751. The third kappa shape index (κ3) is 2.70. The van der Waals surface area contributed by atoms with Crippen molar-refractivity contribution in [2.24, 2.45) is 5.92 Å². The van der Waals surface area contributed by atoms with E-state index in [-0.39, 0.29) is 6.10 Å². The molecule has 1 fully saturated rings. The lowest BCUT2D eigenvalue weighted by Crippen LogP contribution is -2.23. The summed E-state index contributed by atoms with van der Waals surface area (Å²) in [5.74, 6) is 0.641. The van der Waals surface area contributed by atoms with Gasteiger partial charge in [-0.15, -0.1) is 0 Å². The molecule has 0 saturated heterocycles. The molecule has 4 heteroatoms. The average Bonchev–Trinajstić information content (AvgIpc) is 2.49. The number of nitrogen functional groups attached to an aromatic ring is 1. The number of fused-ring (bicyclic) bond motifs is 1. The number of nitrogens with two attached hydrogens (primary N) is 1. The molecule has 0 atom stereocenters. The summed E-state index contributed by atoms with van der Waals surface area (Å²) < 4.78 is 0. The van der Waals surface area contributed by atoms with Crippen molar-refractivity contribution in [1.82, 2.24) is 4.98 Å². The second-order valence-electron chi connectivity index (χ2n) is 5.66. The van der Waals surface area contributed by atoms with Gasteiger partial charge in [-0.3, -0.25) is 4.98 Å². The summed E-state index contributed by atoms with van der Waals surface area (Å²) in [5.41, 5.74) is 8.63. The van der Waals surface area contributed by atoms with Gasteiger partial charge in [0.25, 0.3) is 0 Å². The zero-order chi connectivity index (χ0) is 13.9. The third-order valence-electron chi connectivity index (χ3n) is 4.20. The smallest absolute Gasteiger partial charge is 0.0951 e. The molecule has 0 unspecified atom stereocenters. The van der Waals surface area contributed by atoms with E-state index < -0.39 is 0 Å². The first-order valence-electron chi connectivity index (χ1n) is 7.29. The van der Waals surface area contributed by atoms with Crippen LogP contribution in [-0.4, -0.2) is 22.7 Å². The molecule has 1 heterocycles. The van der Waals surface area contributed by atoms with Gasteiger partial charge in [0.2, 0.25) is 0 Å². The maximum absolute atomic E-state index is 9.54. The molecule has 4 N–H and O–H groups in total. The van der Waals surface area contributed by atoms with E-state index in [1.54, 1.807) is 6.20 Å². The van der Waals surface area contributed by atoms with E-state index in [1.165, 1.54) is 0 Å². The van der Waals surface area contributed by atoms with Gasteiger partial charge < -0.3 is 16.2 Å². The van der Waals surface area contributed by atoms with E-state index in [0.29, 0.717) is 11.6 Å². The Morgan fingerprint density at radius 1 is 1.20 bits per heavy atom. The van der Waals surface area contributed by atoms with Gasteiger partial charge in [-0.1, -0.05) is 0 Å². The first kappa shape index (κ1) is 13.2. The highest BCUT2D eigenvalue weighted by Crippen LogP contribution is 2.28. The molecule has 0 amide bonds. The van der Waals surface area contributed by atoms with Crippen LogP contribution in [0.5, 0.6) is 0 Å². The van der Waals surface area contributed by atoms with E-state index in [2.05, 4.69) is 10.3 Å². The summed E-state index contributed by atoms with van der Waals surface area (Å²) in [5, 5.41) is 14.1. The molecule has 20 heavy (non-hydrogen) atoms. The van der Waals surface area contributed by atoms with E-state index in [4.69, 9.17) is 5.73 Å². The number of nitrogens with one attached hydrogen (secondary N) is 1. The number of aliphatic hydroxyl groups excluding tert-OH is 1. The average molecular weight is 271 g/mol. The molecule has 1 aliphatic carbocycles. The maximum atomic E-state index is 9.54. The number of pyridine rings is 1. The molecule has 1 aromatic carbocycles.